The minimum Gasteiger partial charge on any atom is -0.481 e. The summed E-state index contributed by atoms with van der Waals surface area (Å²) in [5.74, 6) is -0.749. The van der Waals surface area contributed by atoms with Crippen LogP contribution in [0.5, 0.6) is 11.8 Å². The number of benzene rings is 1. The Morgan fingerprint density at radius 3 is 2.50 bits per heavy atom. The quantitative estimate of drug-likeness (QED) is 0.215. The number of hydrogen-bond acceptors (Lipinski definition) is 12. The predicted molar refractivity (Wildman–Crippen MR) is 205 cm³/mol. The summed E-state index contributed by atoms with van der Waals surface area (Å²) in [4.78, 5) is 24.9. The van der Waals surface area contributed by atoms with Crippen molar-refractivity contribution in [2.24, 2.45) is 11.3 Å². The third-order valence-corrected chi connectivity index (χ3v) is 13.7. The fourth-order valence-electron chi connectivity index (χ4n) is 8.08. The number of carboxylic acids is 1. The van der Waals surface area contributed by atoms with Crippen molar-refractivity contribution in [1.29, 1.82) is 0 Å². The zero-order chi connectivity index (χ0) is 39.2. The molecule has 0 amide bonds. The Hall–Kier alpha value is -4.22. The normalized spacial score (nSPS) is 20.6. The average molecular weight is 790 g/mol. The van der Waals surface area contributed by atoms with E-state index in [-0.39, 0.29) is 23.9 Å². The second kappa shape index (κ2) is 15.3. The highest BCUT2D eigenvalue weighted by Crippen LogP contribution is 2.44. The highest BCUT2D eigenvalue weighted by atomic mass is 32.2. The lowest BCUT2D eigenvalue weighted by Gasteiger charge is -2.38. The molecule has 6 heterocycles. The summed E-state index contributed by atoms with van der Waals surface area (Å²) in [5, 5.41) is 19.6. The van der Waals surface area contributed by atoms with Gasteiger partial charge in [0.25, 0.3) is 0 Å². The molecule has 4 aromatic rings. The lowest BCUT2D eigenvalue weighted by molar-refractivity contribution is -0.147. The maximum atomic E-state index is 14.6. The van der Waals surface area contributed by atoms with Gasteiger partial charge in [-0.2, -0.15) is 9.29 Å². The number of aliphatic carboxylic acids is 1. The molecule has 0 bridgehead atoms. The van der Waals surface area contributed by atoms with Crippen LogP contribution >= 0.6 is 0 Å². The third-order valence-electron chi connectivity index (χ3n) is 11.9. The Morgan fingerprint density at radius 1 is 1.02 bits per heavy atom. The zero-order valence-electron chi connectivity index (χ0n) is 32.6. The summed E-state index contributed by atoms with van der Waals surface area (Å²) in [6, 6.07) is 10.8. The molecule has 3 fully saturated rings. The number of pyridine rings is 2. The van der Waals surface area contributed by atoms with Crippen LogP contribution in [0.2, 0.25) is 0 Å². The summed E-state index contributed by atoms with van der Waals surface area (Å²) in [7, 11) is -4.15. The number of rotatable bonds is 12. The molecular weight excluding hydrogens is 739 g/mol. The van der Waals surface area contributed by atoms with Crippen molar-refractivity contribution in [3.05, 3.63) is 64.5 Å². The van der Waals surface area contributed by atoms with Gasteiger partial charge in [0, 0.05) is 56.7 Å². The van der Waals surface area contributed by atoms with Gasteiger partial charge in [0.2, 0.25) is 21.8 Å². The largest absolute Gasteiger partial charge is 0.481 e. The van der Waals surface area contributed by atoms with Crippen molar-refractivity contribution in [2.45, 2.75) is 82.9 Å². The van der Waals surface area contributed by atoms with Crippen LogP contribution in [0.1, 0.15) is 73.5 Å². The number of nitrogens with zero attached hydrogens (tertiary/aromatic N) is 7. The summed E-state index contributed by atoms with van der Waals surface area (Å²) in [5.41, 5.74) is 2.92. The van der Waals surface area contributed by atoms with Crippen LogP contribution < -0.4 is 9.47 Å². The number of morpholine rings is 1. The van der Waals surface area contributed by atoms with Crippen LogP contribution in [-0.4, -0.2) is 118 Å². The second-order valence-electron chi connectivity index (χ2n) is 16.2. The predicted octanol–water partition coefficient (Wildman–Crippen LogP) is 4.33. The summed E-state index contributed by atoms with van der Waals surface area (Å²) in [6.07, 6.45) is 3.31. The Kier molecular flexibility index (Phi) is 10.5. The van der Waals surface area contributed by atoms with Crippen LogP contribution in [0, 0.1) is 25.2 Å². The minimum absolute atomic E-state index is 0.0138. The number of carbonyl (C=O) groups is 1. The average Bonchev–Trinajstić information content (AvgIpc) is 3.92. The maximum Gasteiger partial charge on any atom is 0.310 e. The molecule has 3 aromatic heterocycles. The molecule has 8 rings (SSSR count). The molecule has 1 atom stereocenters. The molecule has 3 aliphatic heterocycles. The number of hydrogen-bond donors (Lipinski definition) is 1. The van der Waals surface area contributed by atoms with Crippen LogP contribution in [0.4, 0.5) is 0 Å². The molecule has 1 N–H and O–H groups in total. The van der Waals surface area contributed by atoms with E-state index >= 15 is 0 Å². The maximum absolute atomic E-state index is 14.6. The number of fused-ring (bicyclic) bond motifs is 2. The topological polar surface area (TPSA) is 171 Å². The Morgan fingerprint density at radius 2 is 1.77 bits per heavy atom. The highest BCUT2D eigenvalue weighted by Gasteiger charge is 2.46. The van der Waals surface area contributed by atoms with Gasteiger partial charge in [0.05, 0.1) is 56.1 Å². The molecule has 2 saturated heterocycles. The first-order chi connectivity index (χ1) is 26.8. The van der Waals surface area contributed by atoms with E-state index in [0.29, 0.717) is 75.6 Å². The van der Waals surface area contributed by atoms with Crippen molar-refractivity contribution in [3.8, 4) is 11.8 Å². The highest BCUT2D eigenvalue weighted by molar-refractivity contribution is 7.89. The lowest BCUT2D eigenvalue weighted by Crippen LogP contribution is -2.50. The van der Waals surface area contributed by atoms with Crippen LogP contribution in [-0.2, 0) is 37.4 Å². The van der Waals surface area contributed by atoms with E-state index in [1.165, 1.54) is 23.2 Å². The second-order valence-corrected chi connectivity index (χ2v) is 18.2. The van der Waals surface area contributed by atoms with Crippen molar-refractivity contribution in [2.75, 3.05) is 59.2 Å². The van der Waals surface area contributed by atoms with Crippen molar-refractivity contribution in [3.63, 3.8) is 0 Å². The molecule has 4 aliphatic rings. The molecule has 1 saturated carbocycles. The zero-order valence-corrected chi connectivity index (χ0v) is 33.4. The van der Waals surface area contributed by atoms with E-state index in [2.05, 4.69) is 20.2 Å². The first kappa shape index (κ1) is 38.6. The van der Waals surface area contributed by atoms with Crippen LogP contribution in [0.3, 0.4) is 0 Å². The molecule has 300 valence electrons. The van der Waals surface area contributed by atoms with E-state index in [4.69, 9.17) is 23.9 Å². The van der Waals surface area contributed by atoms with Gasteiger partial charge >= 0.3 is 5.97 Å². The fraction of sp³-hybridized carbons (Fsp3) is 0.575. The first-order valence-corrected chi connectivity index (χ1v) is 21.0. The van der Waals surface area contributed by atoms with Gasteiger partial charge in [-0.15, -0.1) is 5.10 Å². The Bertz CT molecular complexity index is 2210. The smallest absolute Gasteiger partial charge is 0.310 e. The first-order valence-electron chi connectivity index (χ1n) is 19.6. The van der Waals surface area contributed by atoms with Gasteiger partial charge in [-0.25, -0.2) is 13.1 Å². The third kappa shape index (κ3) is 7.61. The van der Waals surface area contributed by atoms with E-state index in [1.807, 2.05) is 42.8 Å². The monoisotopic (exact) mass is 789 g/mol. The van der Waals surface area contributed by atoms with Gasteiger partial charge < -0.3 is 24.1 Å². The molecule has 56 heavy (non-hydrogen) atoms. The summed E-state index contributed by atoms with van der Waals surface area (Å²) < 4.78 is 56.4. The summed E-state index contributed by atoms with van der Waals surface area (Å²) >= 11 is 0. The van der Waals surface area contributed by atoms with E-state index in [0.717, 1.165) is 47.4 Å². The minimum atomic E-state index is -4.15. The number of ether oxygens (including phenoxy) is 4. The standard InChI is InChI=1S/C40H51N7O8S/c1-26-5-9-30(35(39(3,4)38(48)49)29-8-10-32-36(27(29)2)43-44-47(32)23-28-6-7-28)41-31(26)24-46-25-40(13-18-52-19-14-40)55-37-33(56(46,50)51)11-12-34(42-37)54-22-17-45-15-20-53-21-16-45/h5,8-12,28,35H,6-7,13-25H2,1-4H3,(H,48,49)/t35-/m0/s1. The molecule has 1 aliphatic carbocycles. The fourth-order valence-corrected chi connectivity index (χ4v) is 9.61. The van der Waals surface area contributed by atoms with Gasteiger partial charge in [-0.1, -0.05) is 17.3 Å². The molecule has 1 spiro atoms. The van der Waals surface area contributed by atoms with Gasteiger partial charge in [0.1, 0.15) is 22.6 Å². The van der Waals surface area contributed by atoms with E-state index in [1.54, 1.807) is 19.9 Å². The SMILES string of the molecule is Cc1ccc([C@H](c2ccc3c(nnn3CC3CC3)c2C)C(C)(C)C(=O)O)nc1CN1CC2(CCOCC2)Oc2nc(OCCN3CCOCC3)ccc2S1(=O)=O. The number of aromatic nitrogens is 5. The molecule has 15 nitrogen and oxygen atoms in total. The van der Waals surface area contributed by atoms with Crippen LogP contribution in [0.25, 0.3) is 11.0 Å². The van der Waals surface area contributed by atoms with E-state index < -0.39 is 32.9 Å². The van der Waals surface area contributed by atoms with Gasteiger partial charge in [-0.3, -0.25) is 14.7 Å². The molecule has 0 radical (unpaired) electrons. The molecule has 1 aromatic carbocycles. The van der Waals surface area contributed by atoms with E-state index in [9.17, 15) is 18.3 Å². The van der Waals surface area contributed by atoms with Crippen molar-refractivity contribution in [1.82, 2.24) is 34.2 Å². The summed E-state index contributed by atoms with van der Waals surface area (Å²) in [6.45, 7) is 13.0. The van der Waals surface area contributed by atoms with Gasteiger partial charge in [0.15, 0.2) is 0 Å². The lowest BCUT2D eigenvalue weighted by atomic mass is 9.71. The molecular formula is C40H51N7O8S. The number of carboxylic acid groups (broad SMARTS) is 1. The molecule has 16 heteroatoms. The Balaban J connectivity index is 1.12. The van der Waals surface area contributed by atoms with Crippen molar-refractivity contribution < 1.29 is 37.3 Å². The number of sulfonamides is 1. The number of aryl methyl sites for hydroxylation is 2. The van der Waals surface area contributed by atoms with Crippen molar-refractivity contribution >= 4 is 27.0 Å². The van der Waals surface area contributed by atoms with Crippen LogP contribution in [0.15, 0.2) is 41.3 Å². The van der Waals surface area contributed by atoms with Gasteiger partial charge in [-0.05, 0) is 81.3 Å². The molecule has 0 unspecified atom stereocenters. The Labute approximate surface area is 327 Å².